The van der Waals surface area contributed by atoms with Crippen LogP contribution >= 0.6 is 39.9 Å². The third kappa shape index (κ3) is 38.3. The van der Waals surface area contributed by atoms with Crippen molar-refractivity contribution in [2.45, 2.75) is 88.6 Å². The molecule has 12 aromatic carbocycles. The van der Waals surface area contributed by atoms with Crippen LogP contribution in [-0.4, -0.2) is 57.8 Å². The van der Waals surface area contributed by atoms with Crippen molar-refractivity contribution in [2.24, 2.45) is 0 Å². The first-order valence-electron chi connectivity index (χ1n) is 39.4. The van der Waals surface area contributed by atoms with Crippen LogP contribution in [0.2, 0.25) is 0 Å². The van der Waals surface area contributed by atoms with Gasteiger partial charge in [0, 0.05) is 16.7 Å². The summed E-state index contributed by atoms with van der Waals surface area (Å²) in [5.41, 5.74) is 14.3. The quantitative estimate of drug-likeness (QED) is 0.0140. The van der Waals surface area contributed by atoms with Crippen molar-refractivity contribution in [3.05, 3.63) is 355 Å². The van der Waals surface area contributed by atoms with E-state index in [1.807, 2.05) is 266 Å². The molecule has 12 rings (SSSR count). The van der Waals surface area contributed by atoms with E-state index in [4.69, 9.17) is 64.6 Å². The average molecular weight is 1950 g/mol. The van der Waals surface area contributed by atoms with Gasteiger partial charge in [-0.3, -0.25) is 18.1 Å². The zero-order chi connectivity index (χ0) is 92.4. The maximum atomic E-state index is 14.9. The zero-order valence-electron chi connectivity index (χ0n) is 76.3. The number of phosphoric ester groups is 4. The molecule has 0 aliphatic rings. The first kappa shape index (κ1) is 118. The number of hydrogen-bond acceptors (Lipinski definition) is 27. The largest absolute Gasteiger partial charge is 1.00 e. The van der Waals surface area contributed by atoms with Gasteiger partial charge in [-0.25, -0.2) is 9.13 Å². The Balaban J connectivity index is 0.000000412. The first-order valence-corrected chi connectivity index (χ1v) is 46.4. The molecule has 0 atom stereocenters. The molecule has 36 heteroatoms. The number of phenolic OH excluding ortho intramolecular Hbond substituents is 2. The van der Waals surface area contributed by atoms with Crippen molar-refractivity contribution < 1.29 is 245 Å². The monoisotopic (exact) mass is 1950 g/mol. The third-order valence-corrected chi connectivity index (χ3v) is 23.2. The summed E-state index contributed by atoms with van der Waals surface area (Å²) in [6, 6.07) is 76.8. The van der Waals surface area contributed by atoms with E-state index in [1.54, 1.807) is 62.8 Å². The summed E-state index contributed by atoms with van der Waals surface area (Å²) in [5, 5.41) is 19.8. The van der Waals surface area contributed by atoms with Crippen LogP contribution in [0.25, 0.3) is 36.5 Å². The topological polar surface area (TPSA) is 369 Å². The van der Waals surface area contributed by atoms with E-state index < -0.39 is 51.4 Å². The molecule has 0 fully saturated rings. The van der Waals surface area contributed by atoms with E-state index in [-0.39, 0.29) is 198 Å². The summed E-state index contributed by atoms with van der Waals surface area (Å²) in [6.07, 6.45) is 10.1. The smallest absolute Gasteiger partial charge is 0.780 e. The molecule has 682 valence electrons. The van der Waals surface area contributed by atoms with E-state index in [9.17, 15) is 52.9 Å². The Bertz CT molecular complexity index is 5770. The number of benzene rings is 12. The molecule has 0 aliphatic heterocycles. The van der Waals surface area contributed by atoms with Gasteiger partial charge < -0.3 is 99.4 Å². The fraction of sp³-hybridized carbons (Fsp3) is 0.196. The molecule has 0 aromatic heterocycles. The fourth-order valence-corrected chi connectivity index (χ4v) is 15.8. The average Bonchev–Trinajstić information content (AvgIpc) is 0.778. The van der Waals surface area contributed by atoms with Gasteiger partial charge in [0.2, 0.25) is 17.2 Å². The Morgan fingerprint density at radius 2 is 0.534 bits per heavy atom. The first-order chi connectivity index (χ1) is 61.3. The normalized spacial score (nSPS) is 11.1. The standard InChI is InChI=1S/C46H46O10P2.C18H22O10P2.C18H20O4.C14H15O3P.CH4.4Na/c1-35-29-41(30-44(50-4)36(35)2)25-26-42-27-28-43(49-3)46(56-58(48,53-33-39-21-13-7-14-22-39)54-34-40-23-15-8-16-24-40)45(42)55-57(47,51-31-37-17-9-5-10-18-37)52-32-38-19-11-6-12-20-38;1-11-9-13(10-16(26-4)12(11)2)5-6-14-7-8-15(25-3)18(28-30(22,23)24)17(14)27-29(19,20)21;1-11-9-13(10-16(22-4)12(11)2)5-6-14-7-8-15(21-3)18(20)17(14)19;15-18(16-11-13-7-3-1-4-8-13)17-12-14-9-5-2-6-10-14;;;;;/h5-30H,31-34H2,1-4H3;5-10H,1-4H3,(H2,19,20,21)(H2,22,23,24);5-10,19-20H,1-4H3;1-10,15H,11-12H2;1H4;;;;/q;;;;;4*+1/p-4/b26-25-;2*6-5-;;;;;;. The molecule has 27 nitrogen and oxygen atoms in total. The van der Waals surface area contributed by atoms with Crippen LogP contribution < -0.4 is 184 Å². The Labute approximate surface area is 867 Å². The summed E-state index contributed by atoms with van der Waals surface area (Å²) in [4.78, 5) is 54.2. The molecule has 0 spiro atoms. The summed E-state index contributed by atoms with van der Waals surface area (Å²) in [5.74, 6) is -0.305. The van der Waals surface area contributed by atoms with Crippen LogP contribution in [0.15, 0.2) is 255 Å². The van der Waals surface area contributed by atoms with E-state index in [0.29, 0.717) is 35.7 Å². The molecule has 0 saturated heterocycles. The molecule has 0 bridgehead atoms. The number of hydrogen-bond donors (Lipinski definition) is 3. The number of aromatic hydroxyl groups is 2. The SMILES string of the molecule is C.COc1cc(/C=C\c2ccc(OC)c(O)c2O)cc(C)c1C.COc1cc(/C=C\c2ccc(OC)c(OP(=O)(OCc3ccccc3)OCc3ccccc3)c2OP(=O)(OCc2ccccc2)OCc2ccccc2)cc(C)c1C.COc1cc(/C=C\c2ccc(OC)c(OP(=O)([O-])[O-])c2OP(=O)([O-])[O-])cc(C)c1C.OP(OCc1ccccc1)OCc1ccccc1.[Na+].[Na+].[Na+].[Na+]. The van der Waals surface area contributed by atoms with Crippen LogP contribution in [0.3, 0.4) is 0 Å². The summed E-state index contributed by atoms with van der Waals surface area (Å²) in [7, 11) is -13.4. The number of ether oxygens (including phenoxy) is 6. The van der Waals surface area contributed by atoms with Crippen LogP contribution in [0, 0.1) is 41.5 Å². The van der Waals surface area contributed by atoms with Gasteiger partial charge in [0.05, 0.1) is 82.3 Å². The van der Waals surface area contributed by atoms with E-state index >= 15 is 0 Å². The second-order valence-electron chi connectivity index (χ2n) is 28.0. The van der Waals surface area contributed by atoms with E-state index in [2.05, 4.69) is 9.05 Å². The molecule has 0 saturated carbocycles. The van der Waals surface area contributed by atoms with Gasteiger partial charge in [0.25, 0.3) is 0 Å². The van der Waals surface area contributed by atoms with Crippen molar-refractivity contribution in [1.29, 1.82) is 0 Å². The molecule has 0 unspecified atom stereocenters. The molecule has 0 radical (unpaired) electrons. The van der Waals surface area contributed by atoms with Crippen LogP contribution in [-0.2, 0) is 85.0 Å². The number of phosphoric acid groups is 4. The van der Waals surface area contributed by atoms with Crippen molar-refractivity contribution >= 4 is 76.3 Å². The Morgan fingerprint density at radius 1 is 0.293 bits per heavy atom. The van der Waals surface area contributed by atoms with Gasteiger partial charge in [-0.15, -0.1) is 0 Å². The van der Waals surface area contributed by atoms with Crippen molar-refractivity contribution in [2.75, 3.05) is 42.7 Å². The molecule has 133 heavy (non-hydrogen) atoms. The van der Waals surface area contributed by atoms with Crippen molar-refractivity contribution in [3.8, 4) is 69.0 Å². The Hall–Kier alpha value is -7.63. The summed E-state index contributed by atoms with van der Waals surface area (Å²) >= 11 is 0. The predicted octanol–water partition coefficient (Wildman–Crippen LogP) is 9.43. The molecular weight excluding hydrogens is 1840 g/mol. The van der Waals surface area contributed by atoms with Gasteiger partial charge in [-0.05, 0) is 180 Å². The fourth-order valence-electron chi connectivity index (χ4n) is 12.0. The van der Waals surface area contributed by atoms with Gasteiger partial charge in [0.15, 0.2) is 34.5 Å². The van der Waals surface area contributed by atoms with Gasteiger partial charge in [-0.2, -0.15) is 0 Å². The van der Waals surface area contributed by atoms with Crippen LogP contribution in [0.1, 0.15) is 108 Å². The van der Waals surface area contributed by atoms with Crippen LogP contribution in [0.5, 0.6) is 69.0 Å². The minimum atomic E-state index is -5.64. The third-order valence-electron chi connectivity index (χ3n) is 19.1. The second-order valence-corrected chi connectivity index (χ2v) is 34.4. The Kier molecular flexibility index (Phi) is 52.1. The molecule has 0 heterocycles. The maximum absolute atomic E-state index is 14.9. The number of rotatable bonds is 38. The van der Waals surface area contributed by atoms with Gasteiger partial charge >= 0.3 is 142 Å². The van der Waals surface area contributed by atoms with Crippen LogP contribution in [0.4, 0.5) is 0 Å². The molecule has 0 amide bonds. The van der Waals surface area contributed by atoms with Gasteiger partial charge in [0.1, 0.15) is 32.9 Å². The summed E-state index contributed by atoms with van der Waals surface area (Å²) < 4.78 is 140. The van der Waals surface area contributed by atoms with Gasteiger partial charge in [-0.1, -0.05) is 244 Å². The number of methoxy groups -OCH3 is 6. The van der Waals surface area contributed by atoms with E-state index in [0.717, 1.165) is 96.5 Å². The minimum absolute atomic E-state index is 0. The minimum Gasteiger partial charge on any atom is -0.780 e. The summed E-state index contributed by atoms with van der Waals surface area (Å²) in [6.45, 7) is 12.0. The molecule has 12 aromatic rings. The zero-order valence-corrected chi connectivity index (χ0v) is 88.8. The Morgan fingerprint density at radius 3 is 0.820 bits per heavy atom. The van der Waals surface area contributed by atoms with Crippen molar-refractivity contribution in [3.63, 3.8) is 0 Å². The second kappa shape index (κ2) is 58.8. The molecule has 0 aliphatic carbocycles. The predicted molar refractivity (Wildman–Crippen MR) is 493 cm³/mol. The molecule has 3 N–H and O–H groups in total. The molecular formula is C97H103Na4O27P5. The number of aryl methyl sites for hydroxylation is 3. The maximum Gasteiger partial charge on any atom is 1.00 e. The number of phenols is 2. The van der Waals surface area contributed by atoms with Crippen molar-refractivity contribution in [1.82, 2.24) is 0 Å². The van der Waals surface area contributed by atoms with E-state index in [1.165, 1.54) is 39.5 Å².